The van der Waals surface area contributed by atoms with Crippen molar-refractivity contribution in [2.75, 3.05) is 13.7 Å². The number of nitrogens with one attached hydrogen (secondary N) is 1. The molecule has 1 aromatic heterocycles. The van der Waals surface area contributed by atoms with E-state index in [4.69, 9.17) is 28.6 Å². The van der Waals surface area contributed by atoms with Crippen molar-refractivity contribution in [1.82, 2.24) is 9.55 Å². The second-order valence-electron chi connectivity index (χ2n) is 4.07. The maximum absolute atomic E-state index is 6.24. The minimum absolute atomic E-state index is 0.260. The van der Waals surface area contributed by atoms with Gasteiger partial charge in [-0.2, -0.15) is 0 Å². The number of aromatic nitrogens is 2. The number of halogens is 1. The molecule has 17 heavy (non-hydrogen) atoms. The van der Waals surface area contributed by atoms with Crippen LogP contribution < -0.4 is 0 Å². The van der Waals surface area contributed by atoms with Crippen molar-refractivity contribution in [3.8, 4) is 0 Å². The zero-order chi connectivity index (χ0) is 12.4. The summed E-state index contributed by atoms with van der Waals surface area (Å²) in [6.07, 6.45) is 0.906. The fourth-order valence-corrected chi connectivity index (χ4v) is 2.62. The number of imidazole rings is 1. The summed E-state index contributed by atoms with van der Waals surface area (Å²) in [5.41, 5.74) is 1.95. The summed E-state index contributed by atoms with van der Waals surface area (Å²) in [7, 11) is 1.70. The van der Waals surface area contributed by atoms with Gasteiger partial charge in [0.25, 0.3) is 0 Å². The largest absolute Gasteiger partial charge is 0.385 e. The molecule has 0 aliphatic heterocycles. The monoisotopic (exact) mass is 270 g/mol. The van der Waals surface area contributed by atoms with E-state index in [9.17, 15) is 0 Å². The Morgan fingerprint density at radius 1 is 1.53 bits per heavy atom. The fourth-order valence-electron chi connectivity index (χ4n) is 1.98. The van der Waals surface area contributed by atoms with Crippen LogP contribution in [0, 0.1) is 4.77 Å². The highest BCUT2D eigenvalue weighted by molar-refractivity contribution is 7.71. The average Bonchev–Trinajstić information content (AvgIpc) is 2.64. The van der Waals surface area contributed by atoms with E-state index in [0.29, 0.717) is 11.4 Å². The summed E-state index contributed by atoms with van der Waals surface area (Å²) in [5, 5.41) is 0.721. The van der Waals surface area contributed by atoms with Gasteiger partial charge in [0, 0.05) is 19.8 Å². The molecule has 2 aromatic rings. The molecule has 5 heteroatoms. The molecule has 0 bridgehead atoms. The zero-order valence-electron chi connectivity index (χ0n) is 9.87. The summed E-state index contributed by atoms with van der Waals surface area (Å²) in [6.45, 7) is 2.82. The lowest BCUT2D eigenvalue weighted by Gasteiger charge is -2.14. The van der Waals surface area contributed by atoms with Crippen LogP contribution in [0.3, 0.4) is 0 Å². The molecule has 0 saturated heterocycles. The number of methoxy groups -OCH3 is 1. The molecule has 2 rings (SSSR count). The van der Waals surface area contributed by atoms with Crippen molar-refractivity contribution in [3.05, 3.63) is 28.0 Å². The van der Waals surface area contributed by atoms with Gasteiger partial charge in [-0.15, -0.1) is 0 Å². The molecule has 0 fully saturated rings. The highest BCUT2D eigenvalue weighted by atomic mass is 35.5. The van der Waals surface area contributed by atoms with Crippen molar-refractivity contribution in [2.45, 2.75) is 19.4 Å². The van der Waals surface area contributed by atoms with Gasteiger partial charge in [-0.25, -0.2) is 0 Å². The minimum atomic E-state index is 0.260. The first kappa shape index (κ1) is 12.6. The Morgan fingerprint density at radius 3 is 3.00 bits per heavy atom. The standard InChI is InChI=1S/C12H15ClN2OS/c1-8(6-7-16-2)15-11-9(13)4-3-5-10(11)14-12(15)17/h3-5,8H,6-7H2,1-2H3,(H,14,17). The van der Waals surface area contributed by atoms with Gasteiger partial charge in [0.15, 0.2) is 4.77 Å². The SMILES string of the molecule is COCCC(C)n1c(=S)[nH]c2cccc(Cl)c21. The van der Waals surface area contributed by atoms with E-state index in [2.05, 4.69) is 16.5 Å². The van der Waals surface area contributed by atoms with Crippen LogP contribution in [0.4, 0.5) is 0 Å². The Bertz CT molecular complexity index is 575. The Morgan fingerprint density at radius 2 is 2.29 bits per heavy atom. The maximum atomic E-state index is 6.24. The molecule has 0 amide bonds. The first-order chi connectivity index (χ1) is 8.15. The van der Waals surface area contributed by atoms with Gasteiger partial charge in [-0.05, 0) is 37.7 Å². The van der Waals surface area contributed by atoms with Gasteiger partial charge in [0.2, 0.25) is 0 Å². The number of H-pyrrole nitrogens is 1. The van der Waals surface area contributed by atoms with Crippen molar-refractivity contribution in [3.63, 3.8) is 0 Å². The molecule has 1 N–H and O–H groups in total. The van der Waals surface area contributed by atoms with Crippen molar-refractivity contribution in [1.29, 1.82) is 0 Å². The molecule has 0 spiro atoms. The van der Waals surface area contributed by atoms with Crippen LogP contribution in [0.2, 0.25) is 5.02 Å². The Balaban J connectivity index is 2.52. The van der Waals surface area contributed by atoms with Gasteiger partial charge in [0.1, 0.15) is 0 Å². The molecule has 1 heterocycles. The average molecular weight is 271 g/mol. The van der Waals surface area contributed by atoms with E-state index >= 15 is 0 Å². The summed E-state index contributed by atoms with van der Waals surface area (Å²) in [4.78, 5) is 3.18. The number of para-hydroxylation sites is 1. The lowest BCUT2D eigenvalue weighted by Crippen LogP contribution is -2.08. The summed E-state index contributed by atoms with van der Waals surface area (Å²) < 4.78 is 7.87. The molecule has 1 aromatic carbocycles. The molecule has 0 aliphatic carbocycles. The normalized spacial score (nSPS) is 13.1. The lowest BCUT2D eigenvalue weighted by atomic mass is 10.2. The molecular weight excluding hydrogens is 256 g/mol. The van der Waals surface area contributed by atoms with Crippen LogP contribution in [-0.4, -0.2) is 23.3 Å². The molecule has 1 unspecified atom stereocenters. The quantitative estimate of drug-likeness (QED) is 0.853. The zero-order valence-corrected chi connectivity index (χ0v) is 11.4. The maximum Gasteiger partial charge on any atom is 0.178 e. The third-order valence-electron chi connectivity index (χ3n) is 2.87. The van der Waals surface area contributed by atoms with E-state index in [0.717, 1.165) is 22.5 Å². The van der Waals surface area contributed by atoms with Gasteiger partial charge < -0.3 is 14.3 Å². The Labute approximate surface area is 110 Å². The third kappa shape index (κ3) is 2.39. The van der Waals surface area contributed by atoms with Gasteiger partial charge in [0.05, 0.1) is 16.1 Å². The highest BCUT2D eigenvalue weighted by Gasteiger charge is 2.13. The van der Waals surface area contributed by atoms with Crippen LogP contribution in [0.1, 0.15) is 19.4 Å². The first-order valence-corrected chi connectivity index (χ1v) is 6.31. The smallest absolute Gasteiger partial charge is 0.178 e. The highest BCUT2D eigenvalue weighted by Crippen LogP contribution is 2.27. The topological polar surface area (TPSA) is 29.9 Å². The number of fused-ring (bicyclic) bond motifs is 1. The molecule has 0 radical (unpaired) electrons. The van der Waals surface area contributed by atoms with E-state index < -0.39 is 0 Å². The van der Waals surface area contributed by atoms with E-state index in [1.54, 1.807) is 7.11 Å². The summed E-state index contributed by atoms with van der Waals surface area (Å²) in [6, 6.07) is 6.04. The molecule has 1 atom stereocenters. The Hall–Kier alpha value is -0.840. The number of hydrogen-bond acceptors (Lipinski definition) is 2. The van der Waals surface area contributed by atoms with E-state index in [-0.39, 0.29) is 6.04 Å². The number of rotatable bonds is 4. The van der Waals surface area contributed by atoms with Crippen LogP contribution in [0.5, 0.6) is 0 Å². The fraction of sp³-hybridized carbons (Fsp3) is 0.417. The van der Waals surface area contributed by atoms with Crippen LogP contribution in [0.15, 0.2) is 18.2 Å². The lowest BCUT2D eigenvalue weighted by molar-refractivity contribution is 0.181. The van der Waals surface area contributed by atoms with Crippen molar-refractivity contribution in [2.24, 2.45) is 0 Å². The number of benzene rings is 1. The molecule has 3 nitrogen and oxygen atoms in total. The van der Waals surface area contributed by atoms with Gasteiger partial charge >= 0.3 is 0 Å². The number of nitrogens with zero attached hydrogens (tertiary/aromatic N) is 1. The van der Waals surface area contributed by atoms with E-state index in [1.807, 2.05) is 18.2 Å². The summed E-state index contributed by atoms with van der Waals surface area (Å²) >= 11 is 11.6. The summed E-state index contributed by atoms with van der Waals surface area (Å²) in [5.74, 6) is 0. The van der Waals surface area contributed by atoms with Crippen LogP contribution in [0.25, 0.3) is 11.0 Å². The number of hydrogen-bond donors (Lipinski definition) is 1. The van der Waals surface area contributed by atoms with Crippen LogP contribution >= 0.6 is 23.8 Å². The van der Waals surface area contributed by atoms with Crippen LogP contribution in [-0.2, 0) is 4.74 Å². The van der Waals surface area contributed by atoms with Gasteiger partial charge in [-0.1, -0.05) is 17.7 Å². The minimum Gasteiger partial charge on any atom is -0.385 e. The second kappa shape index (κ2) is 5.21. The number of ether oxygens (including phenoxy) is 1. The molecule has 0 saturated carbocycles. The number of aromatic amines is 1. The molecule has 92 valence electrons. The third-order valence-corrected chi connectivity index (χ3v) is 3.47. The molecule has 0 aliphatic rings. The van der Waals surface area contributed by atoms with Crippen molar-refractivity contribution >= 4 is 34.9 Å². The predicted molar refractivity (Wildman–Crippen MR) is 73.3 cm³/mol. The predicted octanol–water partition coefficient (Wildman–Crippen LogP) is 3.95. The first-order valence-electron chi connectivity index (χ1n) is 5.53. The van der Waals surface area contributed by atoms with Crippen molar-refractivity contribution < 1.29 is 4.74 Å². The Kier molecular flexibility index (Phi) is 3.86. The van der Waals surface area contributed by atoms with E-state index in [1.165, 1.54) is 0 Å². The van der Waals surface area contributed by atoms with Gasteiger partial charge in [-0.3, -0.25) is 0 Å². The second-order valence-corrected chi connectivity index (χ2v) is 4.86. The molecular formula is C12H15ClN2OS.